The average molecular weight is 254 g/mol. The minimum atomic E-state index is -0.00497. The molecule has 0 aromatic heterocycles. The van der Waals surface area contributed by atoms with Gasteiger partial charge in [0.1, 0.15) is 0 Å². The van der Waals surface area contributed by atoms with Gasteiger partial charge in [0.2, 0.25) is 5.91 Å². The van der Waals surface area contributed by atoms with Gasteiger partial charge in [0, 0.05) is 19.5 Å². The quantitative estimate of drug-likeness (QED) is 0.860. The van der Waals surface area contributed by atoms with E-state index in [9.17, 15) is 4.79 Å². The lowest BCUT2D eigenvalue weighted by molar-refractivity contribution is -0.121. The van der Waals surface area contributed by atoms with E-state index in [4.69, 9.17) is 5.73 Å². The van der Waals surface area contributed by atoms with Crippen molar-refractivity contribution in [1.29, 1.82) is 0 Å². The zero-order valence-electron chi connectivity index (χ0n) is 10.8. The first-order valence-electron chi connectivity index (χ1n) is 6.41. The molecule has 98 valence electrons. The number of hydrogen-bond donors (Lipinski definition) is 2. The van der Waals surface area contributed by atoms with Gasteiger partial charge in [-0.2, -0.15) is 0 Å². The highest BCUT2D eigenvalue weighted by Crippen LogP contribution is 2.19. The number of rotatable bonds is 5. The van der Waals surface area contributed by atoms with Crippen molar-refractivity contribution in [3.8, 4) is 11.1 Å². The fourth-order valence-corrected chi connectivity index (χ4v) is 1.87. The van der Waals surface area contributed by atoms with Crippen LogP contribution in [0.2, 0.25) is 0 Å². The van der Waals surface area contributed by atoms with Crippen LogP contribution in [0.4, 0.5) is 0 Å². The molecule has 2 rings (SSSR count). The van der Waals surface area contributed by atoms with Gasteiger partial charge in [-0.25, -0.2) is 0 Å². The van der Waals surface area contributed by atoms with Crippen LogP contribution in [-0.2, 0) is 11.3 Å². The minimum absolute atomic E-state index is 0.00497. The van der Waals surface area contributed by atoms with Gasteiger partial charge in [0.25, 0.3) is 0 Å². The van der Waals surface area contributed by atoms with Crippen LogP contribution >= 0.6 is 0 Å². The largest absolute Gasteiger partial charge is 0.352 e. The number of carbonyl (C=O) groups excluding carboxylic acids is 1. The third-order valence-corrected chi connectivity index (χ3v) is 2.92. The molecular weight excluding hydrogens is 236 g/mol. The first kappa shape index (κ1) is 13.3. The molecule has 1 amide bonds. The van der Waals surface area contributed by atoms with Crippen molar-refractivity contribution in [1.82, 2.24) is 5.32 Å². The zero-order chi connectivity index (χ0) is 13.5. The molecule has 0 bridgehead atoms. The molecular formula is C16H18N2O. The average Bonchev–Trinajstić information content (AvgIpc) is 2.47. The number of amides is 1. The van der Waals surface area contributed by atoms with Crippen LogP contribution in [0.1, 0.15) is 12.0 Å². The van der Waals surface area contributed by atoms with E-state index in [1.807, 2.05) is 30.3 Å². The Hall–Kier alpha value is -2.13. The first-order chi connectivity index (χ1) is 9.29. The number of hydrogen-bond acceptors (Lipinski definition) is 2. The monoisotopic (exact) mass is 254 g/mol. The molecule has 0 saturated heterocycles. The molecule has 0 fully saturated rings. The summed E-state index contributed by atoms with van der Waals surface area (Å²) in [6.45, 7) is 0.937. The zero-order valence-corrected chi connectivity index (χ0v) is 10.8. The minimum Gasteiger partial charge on any atom is -0.352 e. The molecule has 19 heavy (non-hydrogen) atoms. The topological polar surface area (TPSA) is 55.1 Å². The van der Waals surface area contributed by atoms with E-state index in [0.717, 1.165) is 5.56 Å². The Kier molecular flexibility index (Phi) is 4.70. The normalized spacial score (nSPS) is 10.2. The van der Waals surface area contributed by atoms with Gasteiger partial charge in [0.05, 0.1) is 0 Å². The van der Waals surface area contributed by atoms with Crippen LogP contribution < -0.4 is 11.1 Å². The van der Waals surface area contributed by atoms with E-state index in [1.165, 1.54) is 11.1 Å². The Balaban J connectivity index is 1.97. The maximum atomic E-state index is 11.3. The Bertz CT molecular complexity index is 520. The second-order valence-electron chi connectivity index (χ2n) is 4.38. The van der Waals surface area contributed by atoms with Gasteiger partial charge in [-0.3, -0.25) is 4.79 Å². The van der Waals surface area contributed by atoms with E-state index in [2.05, 4.69) is 29.6 Å². The van der Waals surface area contributed by atoms with Crippen molar-refractivity contribution in [3.05, 3.63) is 60.2 Å². The summed E-state index contributed by atoms with van der Waals surface area (Å²) < 4.78 is 0. The molecule has 0 aliphatic rings. The highest BCUT2D eigenvalue weighted by Gasteiger charge is 2.00. The van der Waals surface area contributed by atoms with Crippen molar-refractivity contribution in [2.24, 2.45) is 5.73 Å². The Morgan fingerprint density at radius 2 is 1.58 bits per heavy atom. The maximum absolute atomic E-state index is 11.3. The summed E-state index contributed by atoms with van der Waals surface area (Å²) in [6.07, 6.45) is 0.377. The van der Waals surface area contributed by atoms with Crippen LogP contribution in [0.5, 0.6) is 0 Å². The van der Waals surface area contributed by atoms with Crippen molar-refractivity contribution in [2.45, 2.75) is 13.0 Å². The Morgan fingerprint density at radius 3 is 2.21 bits per heavy atom. The van der Waals surface area contributed by atoms with E-state index in [1.54, 1.807) is 0 Å². The van der Waals surface area contributed by atoms with E-state index in [0.29, 0.717) is 19.5 Å². The van der Waals surface area contributed by atoms with Crippen molar-refractivity contribution in [2.75, 3.05) is 6.54 Å². The summed E-state index contributed by atoms with van der Waals surface area (Å²) in [5, 5.41) is 2.84. The van der Waals surface area contributed by atoms with Gasteiger partial charge in [-0.05, 0) is 16.7 Å². The fourth-order valence-electron chi connectivity index (χ4n) is 1.87. The predicted molar refractivity (Wildman–Crippen MR) is 77.4 cm³/mol. The molecule has 0 aliphatic heterocycles. The highest BCUT2D eigenvalue weighted by atomic mass is 16.1. The lowest BCUT2D eigenvalue weighted by Gasteiger charge is -2.06. The molecule has 3 nitrogen and oxygen atoms in total. The smallest absolute Gasteiger partial charge is 0.221 e. The van der Waals surface area contributed by atoms with Gasteiger partial charge in [-0.15, -0.1) is 0 Å². The standard InChI is InChI=1S/C16H18N2O/c17-11-10-16(19)18-12-13-6-8-15(9-7-13)14-4-2-1-3-5-14/h1-9H,10-12,17H2,(H,18,19). The van der Waals surface area contributed by atoms with E-state index < -0.39 is 0 Å². The number of nitrogens with one attached hydrogen (secondary N) is 1. The molecule has 0 saturated carbocycles. The van der Waals surface area contributed by atoms with Crippen molar-refractivity contribution < 1.29 is 4.79 Å². The summed E-state index contributed by atoms with van der Waals surface area (Å²) in [6, 6.07) is 18.4. The second-order valence-corrected chi connectivity index (χ2v) is 4.38. The summed E-state index contributed by atoms with van der Waals surface area (Å²) in [4.78, 5) is 11.3. The summed E-state index contributed by atoms with van der Waals surface area (Å²) >= 11 is 0. The van der Waals surface area contributed by atoms with Crippen LogP contribution in [0, 0.1) is 0 Å². The molecule has 0 spiro atoms. The summed E-state index contributed by atoms with van der Waals surface area (Å²) in [7, 11) is 0. The van der Waals surface area contributed by atoms with E-state index >= 15 is 0 Å². The molecule has 0 atom stereocenters. The summed E-state index contributed by atoms with van der Waals surface area (Å²) in [5.74, 6) is -0.00497. The van der Waals surface area contributed by atoms with Gasteiger partial charge in [0.15, 0.2) is 0 Å². The summed E-state index contributed by atoms with van der Waals surface area (Å²) in [5.41, 5.74) is 8.78. The Labute approximate surface area is 113 Å². The number of nitrogens with two attached hydrogens (primary N) is 1. The fraction of sp³-hybridized carbons (Fsp3) is 0.188. The third-order valence-electron chi connectivity index (χ3n) is 2.92. The van der Waals surface area contributed by atoms with Crippen molar-refractivity contribution in [3.63, 3.8) is 0 Å². The molecule has 3 N–H and O–H groups in total. The van der Waals surface area contributed by atoms with Gasteiger partial charge >= 0.3 is 0 Å². The molecule has 2 aromatic rings. The van der Waals surface area contributed by atoms with Gasteiger partial charge in [-0.1, -0.05) is 54.6 Å². The molecule has 0 unspecified atom stereocenters. The molecule has 3 heteroatoms. The Morgan fingerprint density at radius 1 is 0.947 bits per heavy atom. The number of benzene rings is 2. The molecule has 0 aliphatic carbocycles. The second kappa shape index (κ2) is 6.71. The lowest BCUT2D eigenvalue weighted by atomic mass is 10.0. The molecule has 2 aromatic carbocycles. The highest BCUT2D eigenvalue weighted by molar-refractivity contribution is 5.76. The van der Waals surface area contributed by atoms with Crippen LogP contribution in [-0.4, -0.2) is 12.5 Å². The van der Waals surface area contributed by atoms with Crippen LogP contribution in [0.15, 0.2) is 54.6 Å². The third kappa shape index (κ3) is 3.93. The number of carbonyl (C=O) groups is 1. The van der Waals surface area contributed by atoms with Gasteiger partial charge < -0.3 is 11.1 Å². The van der Waals surface area contributed by atoms with Crippen LogP contribution in [0.3, 0.4) is 0 Å². The van der Waals surface area contributed by atoms with Crippen LogP contribution in [0.25, 0.3) is 11.1 Å². The SMILES string of the molecule is NCCC(=O)NCc1ccc(-c2ccccc2)cc1. The molecule has 0 heterocycles. The predicted octanol–water partition coefficient (Wildman–Crippen LogP) is 2.32. The van der Waals surface area contributed by atoms with Crippen molar-refractivity contribution >= 4 is 5.91 Å². The maximum Gasteiger partial charge on any atom is 0.221 e. The lowest BCUT2D eigenvalue weighted by Crippen LogP contribution is -2.24. The van der Waals surface area contributed by atoms with E-state index in [-0.39, 0.29) is 5.91 Å². The molecule has 0 radical (unpaired) electrons. The first-order valence-corrected chi connectivity index (χ1v) is 6.41.